The molecule has 0 spiro atoms. The van der Waals surface area contributed by atoms with E-state index in [2.05, 4.69) is 19.2 Å². The summed E-state index contributed by atoms with van der Waals surface area (Å²) >= 11 is 0. The van der Waals surface area contributed by atoms with Crippen LogP contribution >= 0.6 is 0 Å². The zero-order valence-electron chi connectivity index (χ0n) is 16.4. The minimum atomic E-state index is -0.485. The Morgan fingerprint density at radius 2 is 1.75 bits per heavy atom. The maximum atomic E-state index is 13.1. The smallest absolute Gasteiger partial charge is 0.259 e. The van der Waals surface area contributed by atoms with Gasteiger partial charge in [0.25, 0.3) is 11.8 Å². The molecule has 6 heteroatoms. The van der Waals surface area contributed by atoms with Crippen molar-refractivity contribution in [3.63, 3.8) is 0 Å². The molecule has 1 aliphatic heterocycles. The van der Waals surface area contributed by atoms with E-state index in [9.17, 15) is 14.7 Å². The van der Waals surface area contributed by atoms with Crippen molar-refractivity contribution in [2.75, 3.05) is 25.5 Å². The van der Waals surface area contributed by atoms with Gasteiger partial charge in [-0.2, -0.15) is 0 Å². The molecule has 1 aliphatic rings. The summed E-state index contributed by atoms with van der Waals surface area (Å²) in [4.78, 5) is 27.6. The molecule has 2 atom stereocenters. The van der Waals surface area contributed by atoms with Gasteiger partial charge in [0, 0.05) is 19.2 Å². The van der Waals surface area contributed by atoms with Gasteiger partial charge in [0.05, 0.1) is 23.9 Å². The van der Waals surface area contributed by atoms with Gasteiger partial charge >= 0.3 is 0 Å². The number of nitrogens with zero attached hydrogens (tertiary/aromatic N) is 1. The van der Waals surface area contributed by atoms with Crippen LogP contribution in [0.1, 0.15) is 41.0 Å². The normalized spacial score (nSPS) is 19.2. The highest BCUT2D eigenvalue weighted by molar-refractivity contribution is 6.10. The highest BCUT2D eigenvalue weighted by atomic mass is 16.5. The van der Waals surface area contributed by atoms with Gasteiger partial charge in [-0.1, -0.05) is 26.0 Å². The summed E-state index contributed by atoms with van der Waals surface area (Å²) in [6, 6.07) is 11.4. The lowest BCUT2D eigenvalue weighted by Gasteiger charge is -2.35. The number of methoxy groups -OCH3 is 1. The molecule has 6 nitrogen and oxygen atoms in total. The van der Waals surface area contributed by atoms with Crippen molar-refractivity contribution in [3.05, 3.63) is 53.6 Å². The first-order valence-electron chi connectivity index (χ1n) is 9.45. The SMILES string of the molecule is COc1ccc(C(=O)Nc2ccccc2C(=O)N2CC(C)CC(C)C2)c(O)c1. The highest BCUT2D eigenvalue weighted by Crippen LogP contribution is 2.27. The molecule has 1 fully saturated rings. The predicted molar refractivity (Wildman–Crippen MR) is 108 cm³/mol. The van der Waals surface area contributed by atoms with Crippen LogP contribution in [0.5, 0.6) is 11.5 Å². The molecule has 0 radical (unpaired) electrons. The molecule has 1 saturated heterocycles. The number of piperidine rings is 1. The lowest BCUT2D eigenvalue weighted by atomic mass is 9.91. The van der Waals surface area contributed by atoms with Gasteiger partial charge < -0.3 is 20.1 Å². The number of carbonyl (C=O) groups excluding carboxylic acids is 2. The molecule has 148 valence electrons. The number of hydrogen-bond acceptors (Lipinski definition) is 4. The molecule has 1 heterocycles. The molecule has 0 saturated carbocycles. The number of amides is 2. The van der Waals surface area contributed by atoms with Crippen molar-refractivity contribution in [2.45, 2.75) is 20.3 Å². The van der Waals surface area contributed by atoms with Crippen molar-refractivity contribution < 1.29 is 19.4 Å². The Bertz CT molecular complexity index is 871. The Morgan fingerprint density at radius 1 is 1.07 bits per heavy atom. The lowest BCUT2D eigenvalue weighted by molar-refractivity contribution is 0.0624. The Morgan fingerprint density at radius 3 is 2.39 bits per heavy atom. The second kappa shape index (κ2) is 8.33. The number of aromatic hydroxyl groups is 1. The molecule has 0 bridgehead atoms. The molecule has 2 aromatic rings. The van der Waals surface area contributed by atoms with Crippen LogP contribution < -0.4 is 10.1 Å². The predicted octanol–water partition coefficient (Wildman–Crippen LogP) is 3.77. The minimum absolute atomic E-state index is 0.0896. The summed E-state index contributed by atoms with van der Waals surface area (Å²) in [5.41, 5.74) is 0.993. The molecule has 0 aromatic heterocycles. The zero-order valence-corrected chi connectivity index (χ0v) is 16.4. The van der Waals surface area contributed by atoms with Crippen molar-refractivity contribution in [1.29, 1.82) is 0 Å². The standard InChI is InChI=1S/C22H26N2O4/c1-14-10-15(2)13-24(12-14)22(27)17-6-4-5-7-19(17)23-21(26)18-9-8-16(28-3)11-20(18)25/h4-9,11,14-15,25H,10,12-13H2,1-3H3,(H,23,26). The number of hydrogen-bond donors (Lipinski definition) is 2. The third-order valence-electron chi connectivity index (χ3n) is 5.01. The number of phenolic OH excluding ortho intramolecular Hbond substituents is 1. The molecule has 3 rings (SSSR count). The van der Waals surface area contributed by atoms with Crippen molar-refractivity contribution >= 4 is 17.5 Å². The van der Waals surface area contributed by atoms with E-state index in [1.54, 1.807) is 30.3 Å². The van der Waals surface area contributed by atoms with Gasteiger partial charge in [-0.05, 0) is 42.5 Å². The number of anilines is 1. The topological polar surface area (TPSA) is 78.9 Å². The molecular weight excluding hydrogens is 356 g/mol. The second-order valence-corrected chi connectivity index (χ2v) is 7.54. The van der Waals surface area contributed by atoms with E-state index >= 15 is 0 Å². The van der Waals surface area contributed by atoms with E-state index in [0.717, 1.165) is 6.42 Å². The first-order chi connectivity index (χ1) is 13.4. The fraction of sp³-hybridized carbons (Fsp3) is 0.364. The van der Waals surface area contributed by atoms with Gasteiger partial charge in [0.2, 0.25) is 0 Å². The number of benzene rings is 2. The molecule has 2 amide bonds. The number of phenols is 1. The number of para-hydroxylation sites is 1. The van der Waals surface area contributed by atoms with Crippen molar-refractivity contribution in [2.24, 2.45) is 11.8 Å². The van der Waals surface area contributed by atoms with Gasteiger partial charge in [-0.25, -0.2) is 0 Å². The maximum Gasteiger partial charge on any atom is 0.259 e. The van der Waals surface area contributed by atoms with E-state index in [1.807, 2.05) is 4.90 Å². The molecule has 2 aromatic carbocycles. The first-order valence-corrected chi connectivity index (χ1v) is 9.45. The van der Waals surface area contributed by atoms with E-state index in [4.69, 9.17) is 4.74 Å². The number of carbonyl (C=O) groups is 2. The monoisotopic (exact) mass is 382 g/mol. The van der Waals surface area contributed by atoms with Crippen LogP contribution in [0.15, 0.2) is 42.5 Å². The summed E-state index contributed by atoms with van der Waals surface area (Å²) in [5, 5.41) is 12.9. The number of nitrogens with one attached hydrogen (secondary N) is 1. The van der Waals surface area contributed by atoms with Crippen LogP contribution in [-0.4, -0.2) is 42.0 Å². The lowest BCUT2D eigenvalue weighted by Crippen LogP contribution is -2.42. The van der Waals surface area contributed by atoms with Gasteiger partial charge in [0.15, 0.2) is 0 Å². The fourth-order valence-corrected chi connectivity index (χ4v) is 3.80. The average molecular weight is 382 g/mol. The number of rotatable bonds is 4. The highest BCUT2D eigenvalue weighted by Gasteiger charge is 2.27. The number of likely N-dealkylation sites (tertiary alicyclic amines) is 1. The van der Waals surface area contributed by atoms with E-state index in [1.165, 1.54) is 19.2 Å². The van der Waals surface area contributed by atoms with Crippen LogP contribution in [0.2, 0.25) is 0 Å². The summed E-state index contributed by atoms with van der Waals surface area (Å²) in [7, 11) is 1.48. The van der Waals surface area contributed by atoms with Gasteiger partial charge in [-0.15, -0.1) is 0 Å². The molecule has 28 heavy (non-hydrogen) atoms. The quantitative estimate of drug-likeness (QED) is 0.844. The summed E-state index contributed by atoms with van der Waals surface area (Å²) < 4.78 is 5.04. The minimum Gasteiger partial charge on any atom is -0.507 e. The van der Waals surface area contributed by atoms with Gasteiger partial charge in [0.1, 0.15) is 11.5 Å². The van der Waals surface area contributed by atoms with Crippen LogP contribution in [-0.2, 0) is 0 Å². The van der Waals surface area contributed by atoms with Crippen LogP contribution in [0.25, 0.3) is 0 Å². The van der Waals surface area contributed by atoms with Gasteiger partial charge in [-0.3, -0.25) is 9.59 Å². The van der Waals surface area contributed by atoms with E-state index < -0.39 is 5.91 Å². The van der Waals surface area contributed by atoms with Crippen LogP contribution in [0.4, 0.5) is 5.69 Å². The van der Waals surface area contributed by atoms with E-state index in [0.29, 0.717) is 41.9 Å². The average Bonchev–Trinajstić information content (AvgIpc) is 2.66. The summed E-state index contributed by atoms with van der Waals surface area (Å²) in [6.45, 7) is 5.72. The first kappa shape index (κ1) is 19.7. The summed E-state index contributed by atoms with van der Waals surface area (Å²) in [6.07, 6.45) is 1.11. The Kier molecular flexibility index (Phi) is 5.87. The van der Waals surface area contributed by atoms with Crippen molar-refractivity contribution in [1.82, 2.24) is 4.90 Å². The molecule has 2 N–H and O–H groups in total. The molecule has 2 unspecified atom stereocenters. The molecular formula is C22H26N2O4. The second-order valence-electron chi connectivity index (χ2n) is 7.54. The van der Waals surface area contributed by atoms with Crippen LogP contribution in [0.3, 0.4) is 0 Å². The third-order valence-corrected chi connectivity index (χ3v) is 5.01. The Balaban J connectivity index is 1.82. The Labute approximate surface area is 165 Å². The van der Waals surface area contributed by atoms with E-state index in [-0.39, 0.29) is 17.2 Å². The third kappa shape index (κ3) is 4.27. The van der Waals surface area contributed by atoms with Crippen molar-refractivity contribution in [3.8, 4) is 11.5 Å². The Hall–Kier alpha value is -3.02. The number of ether oxygens (including phenoxy) is 1. The maximum absolute atomic E-state index is 13.1. The largest absolute Gasteiger partial charge is 0.507 e. The molecule has 0 aliphatic carbocycles. The van der Waals surface area contributed by atoms with Crippen LogP contribution in [0, 0.1) is 11.8 Å². The zero-order chi connectivity index (χ0) is 20.3. The fourth-order valence-electron chi connectivity index (χ4n) is 3.80. The summed E-state index contributed by atoms with van der Waals surface area (Å²) in [5.74, 6) is 0.600.